The fraction of sp³-hybridized carbons (Fsp3) is 0.312. The molecule has 1 atom stereocenters. The first-order valence-corrected chi connectivity index (χ1v) is 7.58. The van der Waals surface area contributed by atoms with Crippen LogP contribution < -0.4 is 0 Å². The fourth-order valence-electron chi connectivity index (χ4n) is 2.53. The van der Waals surface area contributed by atoms with E-state index in [2.05, 4.69) is 23.0 Å². The van der Waals surface area contributed by atoms with Gasteiger partial charge < -0.3 is 0 Å². The van der Waals surface area contributed by atoms with Gasteiger partial charge in [0.2, 0.25) is 0 Å². The summed E-state index contributed by atoms with van der Waals surface area (Å²) in [6, 6.07) is 6.17. The normalized spacial score (nSPS) is 17.9. The summed E-state index contributed by atoms with van der Waals surface area (Å²) in [6.45, 7) is 2.27. The lowest BCUT2D eigenvalue weighted by Gasteiger charge is -2.17. The van der Waals surface area contributed by atoms with Crippen LogP contribution >= 0.6 is 11.3 Å². The number of hydrogen-bond acceptors (Lipinski definition) is 4. The van der Waals surface area contributed by atoms with E-state index in [9.17, 15) is 5.26 Å². The van der Waals surface area contributed by atoms with Gasteiger partial charge in [-0.2, -0.15) is 5.26 Å². The maximum atomic E-state index is 9.40. The van der Waals surface area contributed by atoms with Crippen LogP contribution in [0.2, 0.25) is 0 Å². The molecule has 3 nitrogen and oxygen atoms in total. The Balaban J connectivity index is 1.95. The fourth-order valence-corrected chi connectivity index (χ4v) is 3.83. The Morgan fingerprint density at radius 3 is 3.20 bits per heavy atom. The minimum absolute atomic E-state index is 0.711. The smallest absolute Gasteiger partial charge is 0.134 e. The van der Waals surface area contributed by atoms with E-state index in [1.165, 1.54) is 16.9 Å². The molecule has 0 amide bonds. The van der Waals surface area contributed by atoms with Gasteiger partial charge in [0.1, 0.15) is 11.1 Å². The van der Waals surface area contributed by atoms with Crippen molar-refractivity contribution in [3.8, 4) is 6.07 Å². The van der Waals surface area contributed by atoms with E-state index in [0.717, 1.165) is 29.0 Å². The van der Waals surface area contributed by atoms with Crippen molar-refractivity contribution in [1.29, 1.82) is 5.26 Å². The van der Waals surface area contributed by atoms with E-state index in [0.29, 0.717) is 5.92 Å². The number of rotatable bonds is 2. The van der Waals surface area contributed by atoms with Crippen molar-refractivity contribution in [3.05, 3.63) is 46.1 Å². The second-order valence-corrected chi connectivity index (χ2v) is 6.27. The Morgan fingerprint density at radius 1 is 1.55 bits per heavy atom. The summed E-state index contributed by atoms with van der Waals surface area (Å²) in [4.78, 5) is 9.92. The summed E-state index contributed by atoms with van der Waals surface area (Å²) in [5, 5.41) is 10.2. The van der Waals surface area contributed by atoms with E-state index < -0.39 is 0 Å². The third kappa shape index (κ3) is 2.50. The van der Waals surface area contributed by atoms with Crippen molar-refractivity contribution in [2.45, 2.75) is 26.2 Å². The molecule has 100 valence electrons. The van der Waals surface area contributed by atoms with Crippen LogP contribution in [0.3, 0.4) is 0 Å². The molecule has 0 radical (unpaired) electrons. The van der Waals surface area contributed by atoms with Gasteiger partial charge in [-0.3, -0.25) is 4.98 Å². The van der Waals surface area contributed by atoms with Crippen LogP contribution in [0.1, 0.15) is 34.9 Å². The third-order valence-electron chi connectivity index (χ3n) is 3.62. The molecule has 0 saturated carbocycles. The molecule has 0 aliphatic heterocycles. The number of aromatic nitrogens is 1. The molecule has 0 aromatic carbocycles. The molecule has 1 aliphatic carbocycles. The standard InChI is InChI=1S/C16H15N3S/c1-11-4-5-13-14(8-17)16(20-15(13)7-11)19-10-12-3-2-6-18-9-12/h2-3,6,9-11H,4-5,7H2,1H3. The van der Waals surface area contributed by atoms with Crippen LogP contribution in [-0.4, -0.2) is 11.2 Å². The summed E-state index contributed by atoms with van der Waals surface area (Å²) < 4.78 is 0. The van der Waals surface area contributed by atoms with Crippen molar-refractivity contribution in [3.63, 3.8) is 0 Å². The monoisotopic (exact) mass is 281 g/mol. The Morgan fingerprint density at radius 2 is 2.45 bits per heavy atom. The minimum atomic E-state index is 0.711. The summed E-state index contributed by atoms with van der Waals surface area (Å²) >= 11 is 1.67. The molecule has 1 aliphatic rings. The summed E-state index contributed by atoms with van der Waals surface area (Å²) in [5.74, 6) is 0.711. The van der Waals surface area contributed by atoms with Crippen molar-refractivity contribution < 1.29 is 0 Å². The molecule has 2 aromatic heterocycles. The average molecular weight is 281 g/mol. The highest BCUT2D eigenvalue weighted by atomic mass is 32.1. The third-order valence-corrected chi connectivity index (χ3v) is 4.78. The van der Waals surface area contributed by atoms with Crippen LogP contribution in [0, 0.1) is 17.2 Å². The van der Waals surface area contributed by atoms with Gasteiger partial charge in [0.05, 0.1) is 5.56 Å². The number of aliphatic imine (C=N–C) groups is 1. The van der Waals surface area contributed by atoms with Gasteiger partial charge >= 0.3 is 0 Å². The number of nitriles is 1. The molecule has 0 saturated heterocycles. The molecule has 20 heavy (non-hydrogen) atoms. The number of nitrogens with zero attached hydrogens (tertiary/aromatic N) is 3. The number of thiophene rings is 1. The van der Waals surface area contributed by atoms with Crippen molar-refractivity contribution in [1.82, 2.24) is 4.98 Å². The Labute approximate surface area is 122 Å². The van der Waals surface area contributed by atoms with E-state index in [-0.39, 0.29) is 0 Å². The zero-order chi connectivity index (χ0) is 13.9. The lowest BCUT2D eigenvalue weighted by atomic mass is 9.89. The molecular weight excluding hydrogens is 266 g/mol. The molecule has 2 aromatic rings. The van der Waals surface area contributed by atoms with E-state index in [1.807, 2.05) is 12.1 Å². The van der Waals surface area contributed by atoms with Crippen LogP contribution in [0.15, 0.2) is 29.5 Å². The lowest BCUT2D eigenvalue weighted by Crippen LogP contribution is -2.09. The van der Waals surface area contributed by atoms with Crippen molar-refractivity contribution >= 4 is 22.6 Å². The molecule has 0 bridgehead atoms. The quantitative estimate of drug-likeness (QED) is 0.784. The van der Waals surface area contributed by atoms with Gasteiger partial charge in [0, 0.05) is 29.0 Å². The maximum Gasteiger partial charge on any atom is 0.134 e. The van der Waals surface area contributed by atoms with E-state index in [1.54, 1.807) is 29.9 Å². The summed E-state index contributed by atoms with van der Waals surface area (Å²) in [7, 11) is 0. The van der Waals surface area contributed by atoms with Gasteiger partial charge in [0.15, 0.2) is 0 Å². The molecule has 4 heteroatoms. The van der Waals surface area contributed by atoms with Gasteiger partial charge in [-0.1, -0.05) is 13.0 Å². The van der Waals surface area contributed by atoms with Crippen molar-refractivity contribution in [2.24, 2.45) is 10.9 Å². The van der Waals surface area contributed by atoms with Crippen LogP contribution in [0.4, 0.5) is 5.00 Å². The summed E-state index contributed by atoms with van der Waals surface area (Å²) in [6.07, 6.45) is 8.56. The SMILES string of the molecule is CC1CCc2c(sc(N=Cc3cccnc3)c2C#N)C1. The van der Waals surface area contributed by atoms with Gasteiger partial charge in [-0.25, -0.2) is 4.99 Å². The molecular formula is C16H15N3S. The zero-order valence-electron chi connectivity index (χ0n) is 11.3. The number of pyridine rings is 1. The van der Waals surface area contributed by atoms with E-state index >= 15 is 0 Å². The first-order valence-electron chi connectivity index (χ1n) is 6.76. The predicted molar refractivity (Wildman–Crippen MR) is 81.7 cm³/mol. The molecule has 0 fully saturated rings. The molecule has 0 spiro atoms. The molecule has 2 heterocycles. The maximum absolute atomic E-state index is 9.40. The Bertz CT molecular complexity index is 680. The molecule has 1 unspecified atom stereocenters. The predicted octanol–water partition coefficient (Wildman–Crippen LogP) is 3.89. The van der Waals surface area contributed by atoms with Crippen LogP contribution in [0.5, 0.6) is 0 Å². The van der Waals surface area contributed by atoms with E-state index in [4.69, 9.17) is 0 Å². The minimum Gasteiger partial charge on any atom is -0.264 e. The Kier molecular flexibility index (Phi) is 3.62. The average Bonchev–Trinajstić information content (AvgIpc) is 2.82. The summed E-state index contributed by atoms with van der Waals surface area (Å²) in [5.41, 5.74) is 2.96. The Hall–Kier alpha value is -1.99. The molecule has 3 rings (SSSR count). The van der Waals surface area contributed by atoms with Gasteiger partial charge in [-0.05, 0) is 36.8 Å². The van der Waals surface area contributed by atoms with Crippen LogP contribution in [-0.2, 0) is 12.8 Å². The highest BCUT2D eigenvalue weighted by molar-refractivity contribution is 7.16. The van der Waals surface area contributed by atoms with Gasteiger partial charge in [0.25, 0.3) is 0 Å². The number of fused-ring (bicyclic) bond motifs is 1. The first-order chi connectivity index (χ1) is 9.78. The lowest BCUT2D eigenvalue weighted by molar-refractivity contribution is 0.507. The second kappa shape index (κ2) is 5.56. The van der Waals surface area contributed by atoms with Crippen LogP contribution in [0.25, 0.3) is 0 Å². The first kappa shape index (κ1) is 13.0. The topological polar surface area (TPSA) is 49.0 Å². The van der Waals surface area contributed by atoms with Gasteiger partial charge in [-0.15, -0.1) is 11.3 Å². The highest BCUT2D eigenvalue weighted by Crippen LogP contribution is 2.40. The second-order valence-electron chi connectivity index (χ2n) is 5.19. The highest BCUT2D eigenvalue weighted by Gasteiger charge is 2.23. The van der Waals surface area contributed by atoms with Crippen molar-refractivity contribution in [2.75, 3.05) is 0 Å². The number of hydrogen-bond donors (Lipinski definition) is 0. The molecule has 0 N–H and O–H groups in total. The largest absolute Gasteiger partial charge is 0.264 e. The zero-order valence-corrected chi connectivity index (χ0v) is 12.2.